The third kappa shape index (κ3) is 2.97. The number of oxazole rings is 1. The second kappa shape index (κ2) is 6.55. The van der Waals surface area contributed by atoms with Crippen LogP contribution in [0.5, 0.6) is 5.88 Å². The number of benzene rings is 1. The first-order valence-electron chi connectivity index (χ1n) is 8.54. The number of nitrogens with zero attached hydrogens (tertiary/aromatic N) is 2. The number of hydrogen-bond donors (Lipinski definition) is 1. The number of H-pyrrole nitrogens is 1. The SMILES string of the molecule is COCc1c(OC(=O)OC(C)C)ncc2[nH]c3ccc4oc(C)nc4c3c12. The molecular formula is C19H19N3O5. The monoisotopic (exact) mass is 369 g/mol. The van der Waals surface area contributed by atoms with E-state index in [0.717, 1.165) is 27.3 Å². The molecule has 4 aromatic rings. The third-order valence-electron chi connectivity index (χ3n) is 4.13. The number of aryl methyl sites for hydroxylation is 1. The van der Waals surface area contributed by atoms with E-state index in [1.807, 2.05) is 12.1 Å². The summed E-state index contributed by atoms with van der Waals surface area (Å²) in [6.45, 7) is 5.50. The van der Waals surface area contributed by atoms with Crippen LogP contribution in [-0.4, -0.2) is 34.3 Å². The predicted octanol–water partition coefficient (Wildman–Crippen LogP) is 4.24. The van der Waals surface area contributed by atoms with E-state index in [9.17, 15) is 4.79 Å². The van der Waals surface area contributed by atoms with Gasteiger partial charge >= 0.3 is 6.16 Å². The van der Waals surface area contributed by atoms with Gasteiger partial charge in [0.05, 0.1) is 30.0 Å². The minimum Gasteiger partial charge on any atom is -0.441 e. The van der Waals surface area contributed by atoms with Gasteiger partial charge < -0.3 is 23.6 Å². The van der Waals surface area contributed by atoms with Gasteiger partial charge in [-0.05, 0) is 26.0 Å². The Bertz CT molecular complexity index is 1160. The number of ether oxygens (including phenoxy) is 3. The lowest BCUT2D eigenvalue weighted by Crippen LogP contribution is -2.17. The summed E-state index contributed by atoms with van der Waals surface area (Å²) < 4.78 is 21.4. The highest BCUT2D eigenvalue weighted by Gasteiger charge is 2.21. The number of nitrogens with one attached hydrogen (secondary N) is 1. The van der Waals surface area contributed by atoms with E-state index < -0.39 is 6.16 Å². The topological polar surface area (TPSA) is 99.5 Å². The molecule has 0 aliphatic carbocycles. The summed E-state index contributed by atoms with van der Waals surface area (Å²) in [7, 11) is 1.57. The molecule has 0 aliphatic rings. The van der Waals surface area contributed by atoms with E-state index in [1.165, 1.54) is 0 Å². The minimum absolute atomic E-state index is 0.146. The Hall–Kier alpha value is -3.13. The fraction of sp³-hybridized carbons (Fsp3) is 0.316. The molecule has 0 saturated carbocycles. The summed E-state index contributed by atoms with van der Waals surface area (Å²) in [5, 5.41) is 1.70. The van der Waals surface area contributed by atoms with Gasteiger partial charge in [0.25, 0.3) is 0 Å². The number of methoxy groups -OCH3 is 1. The van der Waals surface area contributed by atoms with Crippen molar-refractivity contribution in [2.45, 2.75) is 33.5 Å². The van der Waals surface area contributed by atoms with E-state index in [1.54, 1.807) is 34.1 Å². The molecule has 0 bridgehead atoms. The van der Waals surface area contributed by atoms with Crippen molar-refractivity contribution in [1.82, 2.24) is 15.0 Å². The Balaban J connectivity index is 1.98. The average molecular weight is 369 g/mol. The van der Waals surface area contributed by atoms with Gasteiger partial charge in [-0.2, -0.15) is 0 Å². The van der Waals surface area contributed by atoms with Crippen molar-refractivity contribution in [3.63, 3.8) is 0 Å². The first kappa shape index (κ1) is 17.3. The normalized spacial score (nSPS) is 11.7. The van der Waals surface area contributed by atoms with Crippen LogP contribution in [0.4, 0.5) is 4.79 Å². The number of pyridine rings is 1. The van der Waals surface area contributed by atoms with Crippen LogP contribution >= 0.6 is 0 Å². The minimum atomic E-state index is -0.809. The molecule has 0 spiro atoms. The number of carbonyl (C=O) groups excluding carboxylic acids is 1. The lowest BCUT2D eigenvalue weighted by Gasteiger charge is -2.11. The molecule has 0 aliphatic heterocycles. The van der Waals surface area contributed by atoms with Crippen molar-refractivity contribution < 1.29 is 23.4 Å². The molecule has 0 fully saturated rings. The molecule has 8 nitrogen and oxygen atoms in total. The second-order valence-electron chi connectivity index (χ2n) is 6.48. The van der Waals surface area contributed by atoms with E-state index >= 15 is 0 Å². The quantitative estimate of drug-likeness (QED) is 0.537. The molecule has 0 radical (unpaired) electrons. The maximum atomic E-state index is 12.0. The maximum Gasteiger partial charge on any atom is 0.515 e. The van der Waals surface area contributed by atoms with Gasteiger partial charge in [0.2, 0.25) is 5.88 Å². The molecular weight excluding hydrogens is 350 g/mol. The van der Waals surface area contributed by atoms with Crippen LogP contribution in [0.3, 0.4) is 0 Å². The molecule has 4 rings (SSSR count). The molecule has 0 atom stereocenters. The highest BCUT2D eigenvalue weighted by atomic mass is 16.7. The summed E-state index contributed by atoms with van der Waals surface area (Å²) in [6, 6.07) is 3.79. The van der Waals surface area contributed by atoms with E-state index in [4.69, 9.17) is 18.6 Å². The van der Waals surface area contributed by atoms with Crippen LogP contribution in [0.25, 0.3) is 32.9 Å². The Morgan fingerprint density at radius 1 is 1.26 bits per heavy atom. The molecule has 1 aromatic carbocycles. The first-order chi connectivity index (χ1) is 13.0. The van der Waals surface area contributed by atoms with E-state index in [2.05, 4.69) is 15.0 Å². The number of hydrogen-bond acceptors (Lipinski definition) is 7. The van der Waals surface area contributed by atoms with Gasteiger partial charge in [-0.1, -0.05) is 0 Å². The number of aromatic nitrogens is 3. The highest BCUT2D eigenvalue weighted by molar-refractivity contribution is 6.19. The van der Waals surface area contributed by atoms with Gasteiger partial charge in [-0.15, -0.1) is 0 Å². The van der Waals surface area contributed by atoms with Gasteiger partial charge in [-0.3, -0.25) is 0 Å². The summed E-state index contributed by atoms with van der Waals surface area (Å²) >= 11 is 0. The Morgan fingerprint density at radius 2 is 2.07 bits per heavy atom. The van der Waals surface area contributed by atoms with Gasteiger partial charge in [0.1, 0.15) is 5.52 Å². The Morgan fingerprint density at radius 3 is 2.81 bits per heavy atom. The van der Waals surface area contributed by atoms with Crippen LogP contribution in [0.15, 0.2) is 22.7 Å². The zero-order chi connectivity index (χ0) is 19.1. The molecule has 3 aromatic heterocycles. The lowest BCUT2D eigenvalue weighted by molar-refractivity contribution is 0.0705. The number of rotatable bonds is 4. The summed E-state index contributed by atoms with van der Waals surface area (Å²) in [5.41, 5.74) is 3.72. The van der Waals surface area contributed by atoms with Crippen molar-refractivity contribution >= 4 is 39.1 Å². The van der Waals surface area contributed by atoms with Crippen LogP contribution in [0, 0.1) is 6.92 Å². The fourth-order valence-corrected chi connectivity index (χ4v) is 3.18. The molecule has 0 saturated heterocycles. The zero-order valence-electron chi connectivity index (χ0n) is 15.5. The summed E-state index contributed by atoms with van der Waals surface area (Å²) in [4.78, 5) is 24.1. The summed E-state index contributed by atoms with van der Waals surface area (Å²) in [5.74, 6) is 0.722. The van der Waals surface area contributed by atoms with Crippen molar-refractivity contribution in [3.8, 4) is 5.88 Å². The van der Waals surface area contributed by atoms with Crippen LogP contribution in [0.1, 0.15) is 25.3 Å². The van der Waals surface area contributed by atoms with Crippen molar-refractivity contribution in [1.29, 1.82) is 0 Å². The highest BCUT2D eigenvalue weighted by Crippen LogP contribution is 2.37. The smallest absolute Gasteiger partial charge is 0.441 e. The molecule has 140 valence electrons. The number of fused-ring (bicyclic) bond motifs is 5. The lowest BCUT2D eigenvalue weighted by atomic mass is 10.1. The molecule has 8 heteroatoms. The van der Waals surface area contributed by atoms with Crippen molar-refractivity contribution in [2.75, 3.05) is 7.11 Å². The molecule has 27 heavy (non-hydrogen) atoms. The van der Waals surface area contributed by atoms with E-state index in [-0.39, 0.29) is 18.6 Å². The van der Waals surface area contributed by atoms with Crippen molar-refractivity contribution in [3.05, 3.63) is 29.8 Å². The zero-order valence-corrected chi connectivity index (χ0v) is 15.5. The molecule has 3 heterocycles. The number of carbonyl (C=O) groups is 1. The standard InChI is InChI=1S/C19H19N3O5/c1-9(2)25-19(23)27-18-11(8-24-4)15-13(7-20-18)22-12-5-6-14-17(16(12)15)21-10(3)26-14/h5-7,9,22H,8H2,1-4H3. The third-order valence-corrected chi connectivity index (χ3v) is 4.13. The molecule has 0 amide bonds. The largest absolute Gasteiger partial charge is 0.515 e. The van der Waals surface area contributed by atoms with Gasteiger partial charge in [0, 0.05) is 30.3 Å². The first-order valence-corrected chi connectivity index (χ1v) is 8.54. The van der Waals surface area contributed by atoms with Crippen LogP contribution in [-0.2, 0) is 16.1 Å². The van der Waals surface area contributed by atoms with Gasteiger partial charge in [-0.25, -0.2) is 14.8 Å². The second-order valence-corrected chi connectivity index (χ2v) is 6.48. The number of aromatic amines is 1. The Kier molecular flexibility index (Phi) is 4.19. The van der Waals surface area contributed by atoms with Crippen LogP contribution in [0.2, 0.25) is 0 Å². The maximum absolute atomic E-state index is 12.0. The van der Waals surface area contributed by atoms with E-state index in [0.29, 0.717) is 17.0 Å². The van der Waals surface area contributed by atoms with Gasteiger partial charge in [0.15, 0.2) is 11.5 Å². The average Bonchev–Trinajstić information content (AvgIpc) is 3.15. The Labute approximate surface area is 154 Å². The summed E-state index contributed by atoms with van der Waals surface area (Å²) in [6.07, 6.45) is 0.514. The predicted molar refractivity (Wildman–Crippen MR) is 98.9 cm³/mol. The van der Waals surface area contributed by atoms with Crippen LogP contribution < -0.4 is 4.74 Å². The fourth-order valence-electron chi connectivity index (χ4n) is 3.18. The molecule has 0 unspecified atom stereocenters. The molecule has 1 N–H and O–H groups in total. The van der Waals surface area contributed by atoms with Crippen molar-refractivity contribution in [2.24, 2.45) is 0 Å².